The van der Waals surface area contributed by atoms with Gasteiger partial charge in [-0.1, -0.05) is 48.0 Å². The summed E-state index contributed by atoms with van der Waals surface area (Å²) >= 11 is 6.07. The number of rotatable bonds is 6. The van der Waals surface area contributed by atoms with E-state index in [2.05, 4.69) is 10.2 Å². The third kappa shape index (κ3) is 5.51. The molecule has 0 saturated carbocycles. The molecular weight excluding hydrogens is 372 g/mol. The third-order valence-corrected chi connectivity index (χ3v) is 4.94. The van der Waals surface area contributed by atoms with Crippen LogP contribution in [0.1, 0.15) is 5.56 Å². The molecule has 0 aromatic heterocycles. The quantitative estimate of drug-likeness (QED) is 0.603. The van der Waals surface area contributed by atoms with Gasteiger partial charge in [0.1, 0.15) is 11.6 Å². The van der Waals surface area contributed by atoms with Crippen LogP contribution in [0.15, 0.2) is 66.4 Å². The Morgan fingerprint density at radius 1 is 1.11 bits per heavy atom. The molecule has 1 N–H and O–H groups in total. The highest BCUT2D eigenvalue weighted by atomic mass is 35.5. The molecule has 3 rings (SSSR count). The van der Waals surface area contributed by atoms with Crippen molar-refractivity contribution in [2.24, 2.45) is 0 Å². The molecule has 1 fully saturated rings. The van der Waals surface area contributed by atoms with Crippen LogP contribution >= 0.6 is 11.6 Å². The average Bonchev–Trinajstić information content (AvgIpc) is 2.73. The second-order valence-corrected chi connectivity index (χ2v) is 7.09. The van der Waals surface area contributed by atoms with Gasteiger partial charge in [0.15, 0.2) is 0 Å². The van der Waals surface area contributed by atoms with E-state index in [4.69, 9.17) is 11.6 Å². The zero-order valence-corrected chi connectivity index (χ0v) is 16.4. The lowest BCUT2D eigenvalue weighted by Crippen LogP contribution is -2.44. The summed E-state index contributed by atoms with van der Waals surface area (Å²) < 4.78 is 0. The number of nitrogens with zero attached hydrogens (tertiary/aromatic N) is 3. The predicted octanol–water partition coefficient (Wildman–Crippen LogP) is 3.23. The SMILES string of the molecule is N#C/C(=C\N1CCN(c2cccc(Cl)c2)CC1)C(=O)NCCc1ccccc1. The largest absolute Gasteiger partial charge is 0.373 e. The maximum absolute atomic E-state index is 12.3. The molecule has 1 saturated heterocycles. The number of halogens is 1. The zero-order valence-electron chi connectivity index (χ0n) is 15.6. The fourth-order valence-electron chi connectivity index (χ4n) is 3.16. The number of hydrogen-bond acceptors (Lipinski definition) is 4. The van der Waals surface area contributed by atoms with Gasteiger partial charge >= 0.3 is 0 Å². The van der Waals surface area contributed by atoms with Crippen LogP contribution < -0.4 is 10.2 Å². The van der Waals surface area contributed by atoms with Crippen molar-refractivity contribution in [1.82, 2.24) is 10.2 Å². The number of piperazine rings is 1. The number of nitrogens with one attached hydrogen (secondary N) is 1. The van der Waals surface area contributed by atoms with Gasteiger partial charge < -0.3 is 15.1 Å². The molecule has 1 aliphatic rings. The number of hydrogen-bond donors (Lipinski definition) is 1. The van der Waals surface area contributed by atoms with E-state index in [1.807, 2.05) is 65.6 Å². The fourth-order valence-corrected chi connectivity index (χ4v) is 3.35. The highest BCUT2D eigenvalue weighted by Crippen LogP contribution is 2.21. The summed E-state index contributed by atoms with van der Waals surface area (Å²) in [6.45, 7) is 3.62. The second-order valence-electron chi connectivity index (χ2n) is 6.65. The molecule has 2 aromatic carbocycles. The standard InChI is InChI=1S/C22H23ClN4O/c23-20-7-4-8-21(15-20)27-13-11-26(12-14-27)17-19(16-24)22(28)25-10-9-18-5-2-1-3-6-18/h1-8,15,17H,9-14H2,(H,25,28)/b19-17+. The Balaban J connectivity index is 1.50. The predicted molar refractivity (Wildman–Crippen MR) is 112 cm³/mol. The van der Waals surface area contributed by atoms with Crippen LogP contribution in [0.4, 0.5) is 5.69 Å². The lowest BCUT2D eigenvalue weighted by atomic mass is 10.1. The van der Waals surface area contributed by atoms with Crippen LogP contribution in [0.5, 0.6) is 0 Å². The van der Waals surface area contributed by atoms with Crippen molar-refractivity contribution >= 4 is 23.2 Å². The number of carbonyl (C=O) groups is 1. The van der Waals surface area contributed by atoms with Gasteiger partial charge in [0.05, 0.1) is 0 Å². The first kappa shape index (κ1) is 19.8. The van der Waals surface area contributed by atoms with Crippen LogP contribution in [0.25, 0.3) is 0 Å². The van der Waals surface area contributed by atoms with Gasteiger partial charge in [0, 0.05) is 49.6 Å². The van der Waals surface area contributed by atoms with E-state index in [1.54, 1.807) is 6.20 Å². The van der Waals surface area contributed by atoms with E-state index in [0.29, 0.717) is 6.54 Å². The van der Waals surface area contributed by atoms with E-state index in [9.17, 15) is 10.1 Å². The molecule has 1 aliphatic heterocycles. The molecule has 0 bridgehead atoms. The van der Waals surface area contributed by atoms with E-state index in [1.165, 1.54) is 0 Å². The van der Waals surface area contributed by atoms with E-state index in [0.717, 1.165) is 48.9 Å². The molecule has 6 heteroatoms. The molecule has 0 spiro atoms. The Bertz CT molecular complexity index is 868. The smallest absolute Gasteiger partial charge is 0.263 e. The van der Waals surface area contributed by atoms with Crippen molar-refractivity contribution in [3.63, 3.8) is 0 Å². The first-order chi connectivity index (χ1) is 13.7. The van der Waals surface area contributed by atoms with Crippen molar-refractivity contribution in [2.45, 2.75) is 6.42 Å². The van der Waals surface area contributed by atoms with Crippen molar-refractivity contribution in [3.8, 4) is 6.07 Å². The maximum atomic E-state index is 12.3. The van der Waals surface area contributed by atoms with Gasteiger partial charge in [-0.25, -0.2) is 0 Å². The van der Waals surface area contributed by atoms with Crippen LogP contribution in [0, 0.1) is 11.3 Å². The summed E-state index contributed by atoms with van der Waals surface area (Å²) in [5.41, 5.74) is 2.39. The van der Waals surface area contributed by atoms with Crippen LogP contribution in [0.2, 0.25) is 5.02 Å². The highest BCUT2D eigenvalue weighted by molar-refractivity contribution is 6.30. The minimum Gasteiger partial charge on any atom is -0.373 e. The molecule has 2 aromatic rings. The molecule has 0 aliphatic carbocycles. The van der Waals surface area contributed by atoms with Crippen LogP contribution in [0.3, 0.4) is 0 Å². The molecule has 1 amide bonds. The Morgan fingerprint density at radius 2 is 1.86 bits per heavy atom. The topological polar surface area (TPSA) is 59.4 Å². The number of carbonyl (C=O) groups excluding carboxylic acids is 1. The molecule has 0 unspecified atom stereocenters. The van der Waals surface area contributed by atoms with E-state index in [-0.39, 0.29) is 11.5 Å². The minimum absolute atomic E-state index is 0.143. The van der Waals surface area contributed by atoms with Gasteiger partial charge in [-0.15, -0.1) is 0 Å². The van der Waals surface area contributed by atoms with Gasteiger partial charge in [-0.3, -0.25) is 4.79 Å². The molecule has 1 heterocycles. The normalized spacial score (nSPS) is 14.5. The van der Waals surface area contributed by atoms with Crippen molar-refractivity contribution < 1.29 is 4.79 Å². The second kappa shape index (κ2) is 9.82. The summed E-state index contributed by atoms with van der Waals surface area (Å²) in [5.74, 6) is -0.323. The summed E-state index contributed by atoms with van der Waals surface area (Å²) in [5, 5.41) is 12.9. The Labute approximate surface area is 170 Å². The zero-order chi connectivity index (χ0) is 19.8. The molecular formula is C22H23ClN4O. The van der Waals surface area contributed by atoms with Gasteiger partial charge in [0.25, 0.3) is 5.91 Å². The highest BCUT2D eigenvalue weighted by Gasteiger charge is 2.17. The Morgan fingerprint density at radius 3 is 2.54 bits per heavy atom. The molecule has 0 atom stereocenters. The van der Waals surface area contributed by atoms with Crippen LogP contribution in [-0.4, -0.2) is 43.5 Å². The number of amides is 1. The summed E-state index contributed by atoms with van der Waals surface area (Å²) in [7, 11) is 0. The summed E-state index contributed by atoms with van der Waals surface area (Å²) in [6, 6.07) is 19.8. The lowest BCUT2D eigenvalue weighted by Gasteiger charge is -2.35. The first-order valence-corrected chi connectivity index (χ1v) is 9.72. The van der Waals surface area contributed by atoms with Crippen LogP contribution in [-0.2, 0) is 11.2 Å². The maximum Gasteiger partial charge on any atom is 0.263 e. The Hall–Kier alpha value is -2.97. The number of benzene rings is 2. The van der Waals surface area contributed by atoms with Crippen molar-refractivity contribution in [3.05, 3.63) is 77.0 Å². The van der Waals surface area contributed by atoms with Gasteiger partial charge in [0.2, 0.25) is 0 Å². The van der Waals surface area contributed by atoms with E-state index >= 15 is 0 Å². The number of nitriles is 1. The monoisotopic (exact) mass is 394 g/mol. The van der Waals surface area contributed by atoms with Crippen molar-refractivity contribution in [2.75, 3.05) is 37.6 Å². The fraction of sp³-hybridized carbons (Fsp3) is 0.273. The van der Waals surface area contributed by atoms with Crippen molar-refractivity contribution in [1.29, 1.82) is 5.26 Å². The summed E-state index contributed by atoms with van der Waals surface area (Å²) in [4.78, 5) is 16.6. The average molecular weight is 395 g/mol. The molecule has 28 heavy (non-hydrogen) atoms. The van der Waals surface area contributed by atoms with Gasteiger partial charge in [-0.2, -0.15) is 5.26 Å². The Kier molecular flexibility index (Phi) is 6.94. The molecule has 144 valence electrons. The number of anilines is 1. The van der Waals surface area contributed by atoms with E-state index < -0.39 is 0 Å². The minimum atomic E-state index is -0.323. The van der Waals surface area contributed by atoms with Gasteiger partial charge in [-0.05, 0) is 30.2 Å². The summed E-state index contributed by atoms with van der Waals surface area (Å²) in [6.07, 6.45) is 2.41. The molecule has 0 radical (unpaired) electrons. The lowest BCUT2D eigenvalue weighted by molar-refractivity contribution is -0.117. The third-order valence-electron chi connectivity index (χ3n) is 4.71. The molecule has 5 nitrogen and oxygen atoms in total. The first-order valence-electron chi connectivity index (χ1n) is 9.34.